The van der Waals surface area contributed by atoms with E-state index in [1.165, 1.54) is 22.2 Å². The molecule has 0 saturated heterocycles. The molecule has 0 radical (unpaired) electrons. The number of ether oxygens (including phenoxy) is 1. The topological polar surface area (TPSA) is 73.2 Å². The Balaban J connectivity index is 1.52. The first-order valence-corrected chi connectivity index (χ1v) is 9.95. The summed E-state index contributed by atoms with van der Waals surface area (Å²) in [5, 5.41) is 5.32. The molecule has 1 amide bonds. The summed E-state index contributed by atoms with van der Waals surface area (Å²) >= 11 is 1.43. The number of carbonyl (C=O) groups excluding carboxylic acids is 1. The second-order valence-corrected chi connectivity index (χ2v) is 7.36. The minimum absolute atomic E-state index is 0.0813. The van der Waals surface area contributed by atoms with Crippen molar-refractivity contribution in [1.82, 2.24) is 14.9 Å². The highest BCUT2D eigenvalue weighted by molar-refractivity contribution is 7.17. The predicted molar refractivity (Wildman–Crippen MR) is 114 cm³/mol. The van der Waals surface area contributed by atoms with Crippen LogP contribution in [0.4, 0.5) is 0 Å². The molecule has 6 nitrogen and oxygen atoms in total. The van der Waals surface area contributed by atoms with E-state index in [1.54, 1.807) is 7.11 Å². The zero-order chi connectivity index (χ0) is 20.2. The summed E-state index contributed by atoms with van der Waals surface area (Å²) in [6, 6.07) is 17.2. The van der Waals surface area contributed by atoms with Crippen LogP contribution >= 0.6 is 11.3 Å². The molecule has 2 aromatic carbocycles. The summed E-state index contributed by atoms with van der Waals surface area (Å²) in [5.41, 5.74) is 2.54. The van der Waals surface area contributed by atoms with Crippen LogP contribution in [0, 0.1) is 0 Å². The van der Waals surface area contributed by atoms with Crippen molar-refractivity contribution in [2.45, 2.75) is 13.1 Å². The van der Waals surface area contributed by atoms with Gasteiger partial charge in [-0.1, -0.05) is 42.5 Å². The van der Waals surface area contributed by atoms with E-state index >= 15 is 0 Å². The number of hydrogen-bond donors (Lipinski definition) is 1. The highest BCUT2D eigenvalue weighted by Crippen LogP contribution is 2.30. The lowest BCUT2D eigenvalue weighted by Gasteiger charge is -2.08. The van der Waals surface area contributed by atoms with E-state index in [0.717, 1.165) is 22.4 Å². The second kappa shape index (κ2) is 8.28. The van der Waals surface area contributed by atoms with E-state index < -0.39 is 0 Å². The van der Waals surface area contributed by atoms with Crippen LogP contribution in [0.25, 0.3) is 21.3 Å². The van der Waals surface area contributed by atoms with Gasteiger partial charge < -0.3 is 10.1 Å². The number of hydrogen-bond acceptors (Lipinski definition) is 5. The molecule has 7 heteroatoms. The molecule has 0 unspecified atom stereocenters. The van der Waals surface area contributed by atoms with Crippen LogP contribution < -0.4 is 15.6 Å². The SMILES string of the molecule is COc1ccc(CNC(=O)Cn2cnc3scc(-c4ccccc4)c3c2=O)cc1. The van der Waals surface area contributed by atoms with E-state index in [4.69, 9.17) is 4.74 Å². The van der Waals surface area contributed by atoms with Crippen molar-refractivity contribution in [2.75, 3.05) is 7.11 Å². The Kier molecular flexibility index (Phi) is 5.39. The van der Waals surface area contributed by atoms with Gasteiger partial charge >= 0.3 is 0 Å². The Morgan fingerprint density at radius 2 is 1.90 bits per heavy atom. The number of carbonyl (C=O) groups is 1. The van der Waals surface area contributed by atoms with Gasteiger partial charge in [-0.2, -0.15) is 0 Å². The van der Waals surface area contributed by atoms with Gasteiger partial charge in [0.2, 0.25) is 5.91 Å². The molecule has 29 heavy (non-hydrogen) atoms. The molecule has 2 heterocycles. The molecule has 0 aliphatic carbocycles. The van der Waals surface area contributed by atoms with E-state index in [-0.39, 0.29) is 18.0 Å². The molecule has 0 aliphatic heterocycles. The van der Waals surface area contributed by atoms with Crippen LogP contribution in [-0.4, -0.2) is 22.6 Å². The highest BCUT2D eigenvalue weighted by Gasteiger charge is 2.14. The van der Waals surface area contributed by atoms with Crippen LogP contribution in [0.5, 0.6) is 5.75 Å². The van der Waals surface area contributed by atoms with Crippen molar-refractivity contribution in [3.05, 3.63) is 82.2 Å². The fourth-order valence-corrected chi connectivity index (χ4v) is 3.97. The molecule has 0 fully saturated rings. The predicted octanol–water partition coefficient (Wildman–Crippen LogP) is 3.45. The van der Waals surface area contributed by atoms with Gasteiger partial charge in [0.25, 0.3) is 5.56 Å². The van der Waals surface area contributed by atoms with Gasteiger partial charge in [-0.05, 0) is 23.3 Å². The lowest BCUT2D eigenvalue weighted by Crippen LogP contribution is -2.32. The summed E-state index contributed by atoms with van der Waals surface area (Å²) in [6.45, 7) is 0.295. The van der Waals surface area contributed by atoms with Crippen LogP contribution in [-0.2, 0) is 17.9 Å². The largest absolute Gasteiger partial charge is 0.497 e. The minimum atomic E-state index is -0.249. The fourth-order valence-electron chi connectivity index (χ4n) is 3.06. The molecule has 0 spiro atoms. The molecule has 4 rings (SSSR count). The van der Waals surface area contributed by atoms with E-state index in [9.17, 15) is 9.59 Å². The van der Waals surface area contributed by atoms with Crippen molar-refractivity contribution in [2.24, 2.45) is 0 Å². The van der Waals surface area contributed by atoms with Gasteiger partial charge in [-0.25, -0.2) is 4.98 Å². The quantitative estimate of drug-likeness (QED) is 0.533. The first kappa shape index (κ1) is 18.9. The van der Waals surface area contributed by atoms with E-state index in [2.05, 4.69) is 10.3 Å². The first-order valence-electron chi connectivity index (χ1n) is 9.07. The Hall–Kier alpha value is -3.45. The Bertz CT molecular complexity index is 1200. The smallest absolute Gasteiger partial charge is 0.263 e. The summed E-state index contributed by atoms with van der Waals surface area (Å²) in [7, 11) is 1.61. The van der Waals surface area contributed by atoms with Crippen molar-refractivity contribution >= 4 is 27.5 Å². The lowest BCUT2D eigenvalue weighted by molar-refractivity contribution is -0.121. The average Bonchev–Trinajstić information content (AvgIpc) is 3.20. The number of benzene rings is 2. The standard InChI is InChI=1S/C22H19N3O3S/c1-28-17-9-7-15(8-10-17)11-23-19(26)12-25-14-24-21-20(22(25)27)18(13-29-21)16-5-3-2-4-6-16/h2-10,13-14H,11-12H2,1H3,(H,23,26). The molecule has 0 aliphatic rings. The van der Waals surface area contributed by atoms with Crippen LogP contribution in [0.1, 0.15) is 5.56 Å². The zero-order valence-electron chi connectivity index (χ0n) is 15.8. The van der Waals surface area contributed by atoms with Gasteiger partial charge in [0.05, 0.1) is 18.8 Å². The molecule has 0 saturated carbocycles. The van der Waals surface area contributed by atoms with Crippen molar-refractivity contribution in [1.29, 1.82) is 0 Å². The Morgan fingerprint density at radius 3 is 2.62 bits per heavy atom. The third-order valence-corrected chi connectivity index (χ3v) is 5.49. The third kappa shape index (κ3) is 4.05. The number of rotatable bonds is 6. The molecule has 146 valence electrons. The van der Waals surface area contributed by atoms with Crippen LogP contribution in [0.15, 0.2) is 71.1 Å². The average molecular weight is 405 g/mol. The van der Waals surface area contributed by atoms with Gasteiger partial charge in [0, 0.05) is 17.5 Å². The molecule has 0 bridgehead atoms. The summed E-state index contributed by atoms with van der Waals surface area (Å²) in [5.74, 6) is 0.511. The molecular formula is C22H19N3O3S. The van der Waals surface area contributed by atoms with Crippen LogP contribution in [0.3, 0.4) is 0 Å². The third-order valence-electron chi connectivity index (χ3n) is 4.61. The monoisotopic (exact) mass is 405 g/mol. The number of nitrogens with zero attached hydrogens (tertiary/aromatic N) is 2. The van der Waals surface area contributed by atoms with Crippen molar-refractivity contribution < 1.29 is 9.53 Å². The number of fused-ring (bicyclic) bond motifs is 1. The zero-order valence-corrected chi connectivity index (χ0v) is 16.6. The second-order valence-electron chi connectivity index (χ2n) is 6.50. The van der Waals surface area contributed by atoms with Gasteiger partial charge in [-0.3, -0.25) is 14.2 Å². The molecular weight excluding hydrogens is 386 g/mol. The summed E-state index contributed by atoms with van der Waals surface area (Å²) in [4.78, 5) is 30.4. The molecule has 4 aromatic rings. The Morgan fingerprint density at radius 1 is 1.14 bits per heavy atom. The van der Waals surface area contributed by atoms with Crippen LogP contribution in [0.2, 0.25) is 0 Å². The number of methoxy groups -OCH3 is 1. The van der Waals surface area contributed by atoms with Crippen molar-refractivity contribution in [3.63, 3.8) is 0 Å². The van der Waals surface area contributed by atoms with Gasteiger partial charge in [0.1, 0.15) is 17.1 Å². The highest BCUT2D eigenvalue weighted by atomic mass is 32.1. The number of thiophene rings is 1. The normalized spacial score (nSPS) is 10.8. The van der Waals surface area contributed by atoms with Gasteiger partial charge in [0.15, 0.2) is 0 Å². The first-order chi connectivity index (χ1) is 14.2. The van der Waals surface area contributed by atoms with Crippen molar-refractivity contribution in [3.8, 4) is 16.9 Å². The number of amides is 1. The molecule has 0 atom stereocenters. The molecule has 2 aromatic heterocycles. The van der Waals surface area contributed by atoms with Gasteiger partial charge in [-0.15, -0.1) is 11.3 Å². The fraction of sp³-hybridized carbons (Fsp3) is 0.136. The summed E-state index contributed by atoms with van der Waals surface area (Å²) < 4.78 is 6.48. The maximum absolute atomic E-state index is 13.0. The number of nitrogens with one attached hydrogen (secondary N) is 1. The lowest BCUT2D eigenvalue weighted by atomic mass is 10.1. The number of aromatic nitrogens is 2. The Labute approximate surface area is 171 Å². The van der Waals surface area contributed by atoms with E-state index in [1.807, 2.05) is 60.0 Å². The maximum Gasteiger partial charge on any atom is 0.263 e. The maximum atomic E-state index is 13.0. The summed E-state index contributed by atoms with van der Waals surface area (Å²) in [6.07, 6.45) is 1.43. The minimum Gasteiger partial charge on any atom is -0.497 e. The van der Waals surface area contributed by atoms with E-state index in [0.29, 0.717) is 16.8 Å². The molecule has 1 N–H and O–H groups in total.